The Morgan fingerprint density at radius 1 is 1.08 bits per heavy atom. The number of likely N-dealkylation sites (N-methyl/N-ethyl adjacent to an activating group) is 1. The molecule has 1 aliphatic heterocycles. The highest BCUT2D eigenvalue weighted by Crippen LogP contribution is 2.31. The molecule has 2 atom stereocenters. The molecule has 1 aromatic heterocycles. The van der Waals surface area contributed by atoms with Crippen molar-refractivity contribution in [1.29, 1.82) is 0 Å². The Hall–Kier alpha value is -1.24. The van der Waals surface area contributed by atoms with Crippen LogP contribution in [0.1, 0.15) is 4.88 Å². The van der Waals surface area contributed by atoms with Gasteiger partial charge in [0.25, 0.3) is 0 Å². The molecule has 4 nitrogen and oxygen atoms in total. The molecule has 0 aliphatic carbocycles. The molecule has 1 aliphatic rings. The first kappa shape index (κ1) is 18.5. The molecule has 1 saturated heterocycles. The van der Waals surface area contributed by atoms with E-state index < -0.39 is 0 Å². The summed E-state index contributed by atoms with van der Waals surface area (Å²) in [6, 6.07) is 14.9. The summed E-state index contributed by atoms with van der Waals surface area (Å²) in [5.41, 5.74) is 1.27. The number of aliphatic hydroxyl groups is 2. The first-order chi connectivity index (χ1) is 12.2. The molecule has 0 saturated carbocycles. The van der Waals surface area contributed by atoms with Gasteiger partial charge in [-0.25, -0.2) is 0 Å². The molecule has 2 heterocycles. The molecule has 2 N–H and O–H groups in total. The minimum absolute atomic E-state index is 0.189. The van der Waals surface area contributed by atoms with Gasteiger partial charge in [-0.3, -0.25) is 4.90 Å². The number of benzene rings is 1. The fourth-order valence-corrected chi connectivity index (χ4v) is 4.74. The normalized spacial score (nSPS) is 21.3. The van der Waals surface area contributed by atoms with Gasteiger partial charge >= 0.3 is 0 Å². The largest absolute Gasteiger partial charge is 0.396 e. The second-order valence-electron chi connectivity index (χ2n) is 7.01. The molecule has 0 bridgehead atoms. The van der Waals surface area contributed by atoms with E-state index in [1.807, 2.05) is 24.5 Å². The molecule has 0 spiro atoms. The van der Waals surface area contributed by atoms with Gasteiger partial charge in [0.15, 0.2) is 0 Å². The summed E-state index contributed by atoms with van der Waals surface area (Å²) in [6.45, 7) is 4.98. The van der Waals surface area contributed by atoms with Crippen LogP contribution in [0.3, 0.4) is 0 Å². The van der Waals surface area contributed by atoms with E-state index in [0.717, 1.165) is 26.2 Å². The Labute approximate surface area is 154 Å². The molecule has 3 rings (SSSR count). The fourth-order valence-electron chi connectivity index (χ4n) is 3.68. The van der Waals surface area contributed by atoms with E-state index in [-0.39, 0.29) is 13.2 Å². The summed E-state index contributed by atoms with van der Waals surface area (Å²) in [4.78, 5) is 7.31. The van der Waals surface area contributed by atoms with Crippen molar-refractivity contribution in [2.75, 3.05) is 46.4 Å². The Balaban J connectivity index is 1.59. The number of thiophene rings is 1. The predicted molar refractivity (Wildman–Crippen MR) is 104 cm³/mol. The average molecular weight is 361 g/mol. The van der Waals surface area contributed by atoms with Gasteiger partial charge in [0.1, 0.15) is 0 Å². The van der Waals surface area contributed by atoms with Crippen LogP contribution >= 0.6 is 11.3 Å². The van der Waals surface area contributed by atoms with Crippen LogP contribution in [0.15, 0.2) is 42.5 Å². The molecule has 0 unspecified atom stereocenters. The molecule has 5 heteroatoms. The zero-order chi connectivity index (χ0) is 17.6. The van der Waals surface area contributed by atoms with E-state index in [1.54, 1.807) is 0 Å². The molecular weight excluding hydrogens is 332 g/mol. The summed E-state index contributed by atoms with van der Waals surface area (Å²) >= 11 is 1.86. The Morgan fingerprint density at radius 3 is 2.56 bits per heavy atom. The van der Waals surface area contributed by atoms with Crippen molar-refractivity contribution in [3.8, 4) is 10.4 Å². The molecule has 1 fully saturated rings. The van der Waals surface area contributed by atoms with Crippen LogP contribution in [0, 0.1) is 11.8 Å². The SMILES string of the molecule is CN(CCO)C[C@@H]1CN(Cc2ccc(-c3ccccc3)s2)C[C@@H]1CO. The standard InChI is InChI=1S/C20H28N2O2S/c1-21(9-10-23)11-17-12-22(13-18(17)15-24)14-19-7-8-20(25-19)16-5-3-2-4-6-16/h2-8,17-18,23-24H,9-15H2,1H3/t17-,18-/m1/s1. The summed E-state index contributed by atoms with van der Waals surface area (Å²) in [6.07, 6.45) is 0. The third-order valence-electron chi connectivity index (χ3n) is 5.01. The zero-order valence-corrected chi connectivity index (χ0v) is 15.7. The van der Waals surface area contributed by atoms with Crippen molar-refractivity contribution in [1.82, 2.24) is 9.80 Å². The number of rotatable bonds is 8. The Kier molecular flexibility index (Phi) is 6.62. The number of hydrogen-bond donors (Lipinski definition) is 2. The molecule has 2 aromatic rings. The lowest BCUT2D eigenvalue weighted by Crippen LogP contribution is -2.32. The molecule has 25 heavy (non-hydrogen) atoms. The van der Waals surface area contributed by atoms with Crippen LogP contribution in [0.2, 0.25) is 0 Å². The van der Waals surface area contributed by atoms with E-state index in [1.165, 1.54) is 15.3 Å². The lowest BCUT2D eigenvalue weighted by atomic mass is 9.96. The quantitative estimate of drug-likeness (QED) is 0.759. The van der Waals surface area contributed by atoms with Crippen LogP contribution in [-0.2, 0) is 6.54 Å². The summed E-state index contributed by atoms with van der Waals surface area (Å²) in [7, 11) is 2.04. The van der Waals surface area contributed by atoms with Gasteiger partial charge in [0.2, 0.25) is 0 Å². The maximum atomic E-state index is 9.72. The van der Waals surface area contributed by atoms with Gasteiger partial charge in [0, 0.05) is 49.1 Å². The molecular formula is C20H28N2O2S. The van der Waals surface area contributed by atoms with Crippen molar-refractivity contribution in [3.63, 3.8) is 0 Å². The van der Waals surface area contributed by atoms with E-state index in [4.69, 9.17) is 5.11 Å². The van der Waals surface area contributed by atoms with Gasteiger partial charge in [0.05, 0.1) is 6.61 Å². The van der Waals surface area contributed by atoms with Crippen LogP contribution in [0.4, 0.5) is 0 Å². The van der Waals surface area contributed by atoms with Crippen LogP contribution < -0.4 is 0 Å². The van der Waals surface area contributed by atoms with E-state index in [9.17, 15) is 5.11 Å². The van der Waals surface area contributed by atoms with Crippen molar-refractivity contribution in [2.45, 2.75) is 6.54 Å². The van der Waals surface area contributed by atoms with Gasteiger partial charge in [-0.1, -0.05) is 30.3 Å². The minimum atomic E-state index is 0.189. The van der Waals surface area contributed by atoms with Crippen LogP contribution in [0.5, 0.6) is 0 Å². The Morgan fingerprint density at radius 2 is 1.84 bits per heavy atom. The molecule has 0 radical (unpaired) electrons. The number of nitrogens with zero attached hydrogens (tertiary/aromatic N) is 2. The molecule has 0 amide bonds. The first-order valence-corrected chi connectivity index (χ1v) is 9.78. The highest BCUT2D eigenvalue weighted by molar-refractivity contribution is 7.15. The van der Waals surface area contributed by atoms with Crippen molar-refractivity contribution in [3.05, 3.63) is 47.3 Å². The van der Waals surface area contributed by atoms with Crippen molar-refractivity contribution in [2.24, 2.45) is 11.8 Å². The van der Waals surface area contributed by atoms with Gasteiger partial charge < -0.3 is 15.1 Å². The van der Waals surface area contributed by atoms with E-state index in [2.05, 4.69) is 46.2 Å². The second kappa shape index (κ2) is 8.92. The third kappa shape index (κ3) is 4.90. The maximum absolute atomic E-state index is 9.72. The van der Waals surface area contributed by atoms with Crippen LogP contribution in [-0.4, -0.2) is 66.5 Å². The fraction of sp³-hybridized carbons (Fsp3) is 0.500. The van der Waals surface area contributed by atoms with Crippen molar-refractivity contribution >= 4 is 11.3 Å². The average Bonchev–Trinajstić information content (AvgIpc) is 3.23. The summed E-state index contributed by atoms with van der Waals surface area (Å²) in [5, 5.41) is 18.8. The Bertz CT molecular complexity index is 646. The minimum Gasteiger partial charge on any atom is -0.396 e. The number of aliphatic hydroxyl groups excluding tert-OH is 2. The topological polar surface area (TPSA) is 46.9 Å². The smallest absolute Gasteiger partial charge is 0.0558 e. The molecule has 136 valence electrons. The van der Waals surface area contributed by atoms with Gasteiger partial charge in [-0.2, -0.15) is 0 Å². The zero-order valence-electron chi connectivity index (χ0n) is 14.8. The van der Waals surface area contributed by atoms with Crippen LogP contribution in [0.25, 0.3) is 10.4 Å². The van der Waals surface area contributed by atoms with Gasteiger partial charge in [-0.05, 0) is 36.6 Å². The number of likely N-dealkylation sites (tertiary alicyclic amines) is 1. The summed E-state index contributed by atoms with van der Waals surface area (Å²) < 4.78 is 0. The molecule has 1 aromatic carbocycles. The predicted octanol–water partition coefficient (Wildman–Crippen LogP) is 2.38. The lowest BCUT2D eigenvalue weighted by Gasteiger charge is -2.23. The summed E-state index contributed by atoms with van der Waals surface area (Å²) in [5.74, 6) is 0.796. The first-order valence-electron chi connectivity index (χ1n) is 8.96. The van der Waals surface area contributed by atoms with Gasteiger partial charge in [-0.15, -0.1) is 11.3 Å². The third-order valence-corrected chi connectivity index (χ3v) is 6.13. The monoisotopic (exact) mass is 360 g/mol. The van der Waals surface area contributed by atoms with Crippen molar-refractivity contribution < 1.29 is 10.2 Å². The number of hydrogen-bond acceptors (Lipinski definition) is 5. The van der Waals surface area contributed by atoms with E-state index in [0.29, 0.717) is 18.4 Å². The van der Waals surface area contributed by atoms with E-state index >= 15 is 0 Å². The lowest BCUT2D eigenvalue weighted by molar-refractivity contribution is 0.160. The highest BCUT2D eigenvalue weighted by atomic mass is 32.1. The highest BCUT2D eigenvalue weighted by Gasteiger charge is 2.32. The second-order valence-corrected chi connectivity index (χ2v) is 8.18. The maximum Gasteiger partial charge on any atom is 0.0558 e.